The van der Waals surface area contributed by atoms with E-state index in [0.29, 0.717) is 0 Å². The monoisotopic (exact) mass is 219 g/mol. The predicted octanol–water partition coefficient (Wildman–Crippen LogP) is 3.01. The third-order valence-electron chi connectivity index (χ3n) is 2.48. The van der Waals surface area contributed by atoms with Crippen LogP contribution < -0.4 is 5.73 Å². The Bertz CT molecular complexity index is 483. The van der Waals surface area contributed by atoms with Crippen molar-refractivity contribution in [1.82, 2.24) is 0 Å². The predicted molar refractivity (Wildman–Crippen MR) is 58.8 cm³/mol. The molecule has 2 aromatic carbocycles. The third kappa shape index (κ3) is 1.95. The summed E-state index contributed by atoms with van der Waals surface area (Å²) < 4.78 is 26.5. The van der Waals surface area contributed by atoms with Gasteiger partial charge in [-0.2, -0.15) is 0 Å². The van der Waals surface area contributed by atoms with Gasteiger partial charge in [0.15, 0.2) is 11.6 Å². The van der Waals surface area contributed by atoms with Gasteiger partial charge in [-0.3, -0.25) is 0 Å². The van der Waals surface area contributed by atoms with E-state index < -0.39 is 17.7 Å². The van der Waals surface area contributed by atoms with Crippen molar-refractivity contribution < 1.29 is 8.78 Å². The largest absolute Gasteiger partial charge is 0.320 e. The van der Waals surface area contributed by atoms with Crippen molar-refractivity contribution in [2.45, 2.75) is 6.04 Å². The lowest BCUT2D eigenvalue weighted by Crippen LogP contribution is -2.14. The molecule has 82 valence electrons. The first-order valence-electron chi connectivity index (χ1n) is 4.94. The number of hydrogen-bond donors (Lipinski definition) is 1. The highest BCUT2D eigenvalue weighted by Crippen LogP contribution is 2.23. The van der Waals surface area contributed by atoms with Crippen LogP contribution in [0.4, 0.5) is 8.78 Å². The van der Waals surface area contributed by atoms with Crippen molar-refractivity contribution in [1.29, 1.82) is 0 Å². The lowest BCUT2D eigenvalue weighted by atomic mass is 9.99. The molecule has 2 N–H and O–H groups in total. The average molecular weight is 219 g/mol. The van der Waals surface area contributed by atoms with E-state index in [0.717, 1.165) is 11.6 Å². The highest BCUT2D eigenvalue weighted by atomic mass is 19.2. The van der Waals surface area contributed by atoms with Gasteiger partial charge in [0, 0.05) is 5.56 Å². The molecule has 0 radical (unpaired) electrons. The fraction of sp³-hybridized carbons (Fsp3) is 0.0769. The van der Waals surface area contributed by atoms with Crippen LogP contribution in [0, 0.1) is 11.6 Å². The minimum Gasteiger partial charge on any atom is -0.320 e. The van der Waals surface area contributed by atoms with E-state index in [4.69, 9.17) is 5.73 Å². The maximum absolute atomic E-state index is 13.5. The first-order chi connectivity index (χ1) is 7.70. The van der Waals surface area contributed by atoms with Crippen LogP contribution in [0.5, 0.6) is 0 Å². The molecule has 2 aromatic rings. The minimum absolute atomic E-state index is 0.172. The number of nitrogens with two attached hydrogens (primary N) is 1. The molecular formula is C13H11F2N. The lowest BCUT2D eigenvalue weighted by Gasteiger charge is -2.13. The summed E-state index contributed by atoms with van der Waals surface area (Å²) in [5, 5.41) is 0. The quantitative estimate of drug-likeness (QED) is 0.825. The molecular weight excluding hydrogens is 208 g/mol. The molecule has 0 bridgehead atoms. The van der Waals surface area contributed by atoms with Gasteiger partial charge in [0.05, 0.1) is 6.04 Å². The molecule has 0 aliphatic carbocycles. The summed E-state index contributed by atoms with van der Waals surface area (Å²) in [7, 11) is 0. The molecule has 2 rings (SSSR count). The van der Waals surface area contributed by atoms with E-state index >= 15 is 0 Å². The number of benzene rings is 2. The van der Waals surface area contributed by atoms with E-state index in [1.165, 1.54) is 12.1 Å². The fourth-order valence-corrected chi connectivity index (χ4v) is 1.60. The zero-order valence-corrected chi connectivity index (χ0v) is 8.53. The van der Waals surface area contributed by atoms with Crippen LogP contribution in [0.2, 0.25) is 0 Å². The SMILES string of the molecule is NC(c1ccccc1)c1cccc(F)c1F. The smallest absolute Gasteiger partial charge is 0.163 e. The van der Waals surface area contributed by atoms with Crippen molar-refractivity contribution in [3.8, 4) is 0 Å². The zero-order valence-electron chi connectivity index (χ0n) is 8.53. The van der Waals surface area contributed by atoms with E-state index in [9.17, 15) is 8.78 Å². The van der Waals surface area contributed by atoms with Crippen LogP contribution in [-0.4, -0.2) is 0 Å². The van der Waals surface area contributed by atoms with Gasteiger partial charge in [-0.25, -0.2) is 8.78 Å². The van der Waals surface area contributed by atoms with Crippen LogP contribution in [0.3, 0.4) is 0 Å². The number of hydrogen-bond acceptors (Lipinski definition) is 1. The van der Waals surface area contributed by atoms with E-state index in [-0.39, 0.29) is 5.56 Å². The molecule has 0 heterocycles. The summed E-state index contributed by atoms with van der Waals surface area (Å²) in [4.78, 5) is 0. The highest BCUT2D eigenvalue weighted by molar-refractivity contribution is 5.32. The third-order valence-corrected chi connectivity index (χ3v) is 2.48. The van der Waals surface area contributed by atoms with Gasteiger partial charge < -0.3 is 5.73 Å². The molecule has 3 heteroatoms. The normalized spacial score (nSPS) is 12.4. The van der Waals surface area contributed by atoms with Gasteiger partial charge in [-0.1, -0.05) is 42.5 Å². The van der Waals surface area contributed by atoms with Gasteiger partial charge >= 0.3 is 0 Å². The standard InChI is InChI=1S/C13H11F2N/c14-11-8-4-7-10(12(11)15)13(16)9-5-2-1-3-6-9/h1-8,13H,16H2. The van der Waals surface area contributed by atoms with E-state index in [1.54, 1.807) is 12.1 Å². The summed E-state index contributed by atoms with van der Waals surface area (Å²) in [6, 6.07) is 12.4. The lowest BCUT2D eigenvalue weighted by molar-refractivity contribution is 0.494. The fourth-order valence-electron chi connectivity index (χ4n) is 1.60. The van der Waals surface area contributed by atoms with Crippen molar-refractivity contribution in [3.05, 3.63) is 71.3 Å². The molecule has 16 heavy (non-hydrogen) atoms. The van der Waals surface area contributed by atoms with Crippen LogP contribution >= 0.6 is 0 Å². The van der Waals surface area contributed by atoms with Crippen LogP contribution in [0.1, 0.15) is 17.2 Å². The highest BCUT2D eigenvalue weighted by Gasteiger charge is 2.15. The first-order valence-corrected chi connectivity index (χ1v) is 4.94. The second-order valence-corrected chi connectivity index (χ2v) is 3.53. The van der Waals surface area contributed by atoms with Gasteiger partial charge in [0.2, 0.25) is 0 Å². The topological polar surface area (TPSA) is 26.0 Å². The number of rotatable bonds is 2. The van der Waals surface area contributed by atoms with Gasteiger partial charge in [-0.05, 0) is 11.6 Å². The van der Waals surface area contributed by atoms with E-state index in [2.05, 4.69) is 0 Å². The van der Waals surface area contributed by atoms with E-state index in [1.807, 2.05) is 18.2 Å². The zero-order chi connectivity index (χ0) is 11.5. The molecule has 0 fully saturated rings. The molecule has 0 amide bonds. The molecule has 1 nitrogen and oxygen atoms in total. The summed E-state index contributed by atoms with van der Waals surface area (Å²) in [5.41, 5.74) is 6.81. The molecule has 0 aromatic heterocycles. The summed E-state index contributed by atoms with van der Waals surface area (Å²) >= 11 is 0. The van der Waals surface area contributed by atoms with Crippen molar-refractivity contribution in [3.63, 3.8) is 0 Å². The average Bonchev–Trinajstić information content (AvgIpc) is 2.33. The maximum Gasteiger partial charge on any atom is 0.163 e. The summed E-state index contributed by atoms with van der Waals surface area (Å²) in [6.07, 6.45) is 0. The summed E-state index contributed by atoms with van der Waals surface area (Å²) in [6.45, 7) is 0. The molecule has 0 aliphatic rings. The van der Waals surface area contributed by atoms with Crippen LogP contribution in [0.25, 0.3) is 0 Å². The Balaban J connectivity index is 2.42. The second kappa shape index (κ2) is 4.41. The Kier molecular flexibility index (Phi) is 2.97. The Morgan fingerprint density at radius 3 is 2.25 bits per heavy atom. The molecule has 0 saturated carbocycles. The Morgan fingerprint density at radius 1 is 0.875 bits per heavy atom. The Morgan fingerprint density at radius 2 is 1.56 bits per heavy atom. The van der Waals surface area contributed by atoms with Crippen LogP contribution in [0.15, 0.2) is 48.5 Å². The second-order valence-electron chi connectivity index (χ2n) is 3.53. The minimum atomic E-state index is -0.876. The Labute approximate surface area is 92.5 Å². The number of halogens is 2. The Hall–Kier alpha value is -1.74. The maximum atomic E-state index is 13.5. The first kappa shape index (κ1) is 10.8. The van der Waals surface area contributed by atoms with Gasteiger partial charge in [-0.15, -0.1) is 0 Å². The molecule has 1 unspecified atom stereocenters. The van der Waals surface area contributed by atoms with Crippen molar-refractivity contribution in [2.75, 3.05) is 0 Å². The molecule has 0 aliphatic heterocycles. The van der Waals surface area contributed by atoms with Crippen molar-refractivity contribution in [2.24, 2.45) is 5.73 Å². The summed E-state index contributed by atoms with van der Waals surface area (Å²) in [5.74, 6) is -1.75. The molecule has 0 saturated heterocycles. The van der Waals surface area contributed by atoms with Crippen LogP contribution in [-0.2, 0) is 0 Å². The molecule has 1 atom stereocenters. The van der Waals surface area contributed by atoms with Crippen molar-refractivity contribution >= 4 is 0 Å². The van der Waals surface area contributed by atoms with Gasteiger partial charge in [0.1, 0.15) is 0 Å². The van der Waals surface area contributed by atoms with Gasteiger partial charge in [0.25, 0.3) is 0 Å². The molecule has 0 spiro atoms.